The maximum Gasteiger partial charge on any atom is 0.310 e. The topological polar surface area (TPSA) is 75.7 Å². The molecule has 6 nitrogen and oxygen atoms in total. The average molecular weight is 326 g/mol. The molecule has 6 heteroatoms. The third-order valence-electron chi connectivity index (χ3n) is 4.47. The highest BCUT2D eigenvalue weighted by atomic mass is 16.5. The van der Waals surface area contributed by atoms with Crippen LogP contribution in [-0.2, 0) is 19.1 Å². The first-order valence-electron chi connectivity index (χ1n) is 8.69. The molecule has 0 spiro atoms. The number of nitrogens with one attached hydrogen (secondary N) is 1. The van der Waals surface area contributed by atoms with Crippen LogP contribution in [0.3, 0.4) is 0 Å². The Labute approximate surface area is 138 Å². The Morgan fingerprint density at radius 1 is 1.26 bits per heavy atom. The summed E-state index contributed by atoms with van der Waals surface area (Å²) in [4.78, 5) is 38.2. The second kappa shape index (κ2) is 9.53. The smallest absolute Gasteiger partial charge is 0.310 e. The minimum atomic E-state index is -0.520. The van der Waals surface area contributed by atoms with Gasteiger partial charge in [0.05, 0.1) is 12.5 Å². The highest BCUT2D eigenvalue weighted by Crippen LogP contribution is 2.20. The number of hydrogen-bond acceptors (Lipinski definition) is 4. The number of esters is 1. The van der Waals surface area contributed by atoms with Crippen molar-refractivity contribution in [3.63, 3.8) is 0 Å². The van der Waals surface area contributed by atoms with Crippen molar-refractivity contribution >= 4 is 17.8 Å². The molecule has 132 valence electrons. The van der Waals surface area contributed by atoms with Crippen LogP contribution < -0.4 is 5.32 Å². The standard InChI is InChI=1S/C17H30N2O4/c1-5-12(4)15(18-14(20)6-2)16(21)19-10-8-9-13(11-19)17(22)23-7-3/h12-13,15H,5-11H2,1-4H3,(H,18,20). The summed E-state index contributed by atoms with van der Waals surface area (Å²) in [6.07, 6.45) is 2.68. The molecule has 1 fully saturated rings. The van der Waals surface area contributed by atoms with Crippen molar-refractivity contribution in [2.75, 3.05) is 19.7 Å². The van der Waals surface area contributed by atoms with Gasteiger partial charge in [-0.2, -0.15) is 0 Å². The molecule has 23 heavy (non-hydrogen) atoms. The van der Waals surface area contributed by atoms with Crippen LogP contribution in [0.25, 0.3) is 0 Å². The van der Waals surface area contributed by atoms with E-state index < -0.39 is 6.04 Å². The summed E-state index contributed by atoms with van der Waals surface area (Å²) >= 11 is 0. The zero-order valence-electron chi connectivity index (χ0n) is 14.8. The van der Waals surface area contributed by atoms with Gasteiger partial charge in [0.25, 0.3) is 0 Å². The lowest BCUT2D eigenvalue weighted by molar-refractivity contribution is -0.152. The summed E-state index contributed by atoms with van der Waals surface area (Å²) in [5.41, 5.74) is 0. The van der Waals surface area contributed by atoms with Gasteiger partial charge in [-0.25, -0.2) is 0 Å². The van der Waals surface area contributed by atoms with Crippen molar-refractivity contribution in [2.24, 2.45) is 11.8 Å². The Hall–Kier alpha value is -1.59. The SMILES string of the molecule is CCOC(=O)C1CCCN(C(=O)C(NC(=O)CC)C(C)CC)C1. The average Bonchev–Trinajstić information content (AvgIpc) is 2.58. The van der Waals surface area contributed by atoms with Gasteiger partial charge < -0.3 is 15.0 Å². The van der Waals surface area contributed by atoms with Crippen LogP contribution in [0.2, 0.25) is 0 Å². The van der Waals surface area contributed by atoms with Gasteiger partial charge >= 0.3 is 5.97 Å². The molecule has 1 aliphatic rings. The lowest BCUT2D eigenvalue weighted by Gasteiger charge is -2.35. The normalized spacial score (nSPS) is 20.5. The molecule has 0 saturated carbocycles. The molecule has 1 aliphatic heterocycles. The molecule has 3 unspecified atom stereocenters. The van der Waals surface area contributed by atoms with Gasteiger partial charge in [0.1, 0.15) is 6.04 Å². The van der Waals surface area contributed by atoms with Crippen LogP contribution >= 0.6 is 0 Å². The number of carbonyl (C=O) groups excluding carboxylic acids is 3. The van der Waals surface area contributed by atoms with Crippen LogP contribution in [0, 0.1) is 11.8 Å². The van der Waals surface area contributed by atoms with E-state index in [0.29, 0.717) is 26.1 Å². The number of ether oxygens (including phenoxy) is 1. The van der Waals surface area contributed by atoms with Gasteiger partial charge in [0.15, 0.2) is 0 Å². The lowest BCUT2D eigenvalue weighted by Crippen LogP contribution is -2.54. The summed E-state index contributed by atoms with van der Waals surface area (Å²) in [7, 11) is 0. The van der Waals surface area contributed by atoms with E-state index in [4.69, 9.17) is 4.74 Å². The van der Waals surface area contributed by atoms with E-state index in [0.717, 1.165) is 19.3 Å². The first-order valence-corrected chi connectivity index (χ1v) is 8.69. The molecule has 1 heterocycles. The fourth-order valence-corrected chi connectivity index (χ4v) is 2.79. The van der Waals surface area contributed by atoms with Gasteiger partial charge in [-0.15, -0.1) is 0 Å². The second-order valence-electron chi connectivity index (χ2n) is 6.16. The number of amides is 2. The van der Waals surface area contributed by atoms with Crippen molar-refractivity contribution < 1.29 is 19.1 Å². The second-order valence-corrected chi connectivity index (χ2v) is 6.16. The Bertz CT molecular complexity index is 425. The lowest BCUT2D eigenvalue weighted by atomic mass is 9.94. The van der Waals surface area contributed by atoms with Crippen molar-refractivity contribution in [3.05, 3.63) is 0 Å². The highest BCUT2D eigenvalue weighted by Gasteiger charge is 2.34. The molecule has 0 aromatic carbocycles. The van der Waals surface area contributed by atoms with Crippen LogP contribution in [0.4, 0.5) is 0 Å². The van der Waals surface area contributed by atoms with E-state index in [9.17, 15) is 14.4 Å². The van der Waals surface area contributed by atoms with E-state index in [1.54, 1.807) is 18.7 Å². The predicted molar refractivity (Wildman–Crippen MR) is 87.6 cm³/mol. The number of nitrogens with zero attached hydrogens (tertiary/aromatic N) is 1. The van der Waals surface area contributed by atoms with Crippen molar-refractivity contribution in [1.82, 2.24) is 10.2 Å². The molecule has 2 amide bonds. The number of likely N-dealkylation sites (tertiary alicyclic amines) is 1. The number of hydrogen-bond donors (Lipinski definition) is 1. The summed E-state index contributed by atoms with van der Waals surface area (Å²) in [6.45, 7) is 8.88. The summed E-state index contributed by atoms with van der Waals surface area (Å²) in [6, 6.07) is -0.520. The molecule has 0 aromatic heterocycles. The van der Waals surface area contributed by atoms with E-state index in [2.05, 4.69) is 5.32 Å². The zero-order chi connectivity index (χ0) is 17.4. The zero-order valence-corrected chi connectivity index (χ0v) is 14.8. The molecular formula is C17H30N2O4. The summed E-state index contributed by atoms with van der Waals surface area (Å²) in [5.74, 6) is -0.645. The fourth-order valence-electron chi connectivity index (χ4n) is 2.79. The molecule has 0 aromatic rings. The molecule has 0 radical (unpaired) electrons. The van der Waals surface area contributed by atoms with Crippen LogP contribution in [-0.4, -0.2) is 48.4 Å². The Kier molecular flexibility index (Phi) is 8.06. The van der Waals surface area contributed by atoms with Crippen LogP contribution in [0.5, 0.6) is 0 Å². The van der Waals surface area contributed by atoms with Gasteiger partial charge in [-0.3, -0.25) is 14.4 Å². The van der Waals surface area contributed by atoms with Crippen LogP contribution in [0.1, 0.15) is 53.4 Å². The minimum absolute atomic E-state index is 0.0565. The van der Waals surface area contributed by atoms with Crippen molar-refractivity contribution in [3.8, 4) is 0 Å². The Balaban J connectivity index is 2.77. The minimum Gasteiger partial charge on any atom is -0.466 e. The quantitative estimate of drug-likeness (QED) is 0.723. The molecule has 1 N–H and O–H groups in total. The fraction of sp³-hybridized carbons (Fsp3) is 0.824. The molecule has 1 rings (SSSR count). The number of piperidine rings is 1. The molecule has 1 saturated heterocycles. The predicted octanol–water partition coefficient (Wildman–Crippen LogP) is 1.73. The van der Waals surface area contributed by atoms with E-state index in [1.165, 1.54) is 0 Å². The first kappa shape index (κ1) is 19.5. The monoisotopic (exact) mass is 326 g/mol. The van der Waals surface area contributed by atoms with Gasteiger partial charge in [0, 0.05) is 19.5 Å². The van der Waals surface area contributed by atoms with Gasteiger partial charge in [-0.05, 0) is 25.7 Å². The number of rotatable bonds is 7. The highest BCUT2D eigenvalue weighted by molar-refractivity contribution is 5.88. The Morgan fingerprint density at radius 3 is 2.52 bits per heavy atom. The van der Waals surface area contributed by atoms with Gasteiger partial charge in [0.2, 0.25) is 11.8 Å². The Morgan fingerprint density at radius 2 is 1.96 bits per heavy atom. The third-order valence-corrected chi connectivity index (χ3v) is 4.47. The third kappa shape index (κ3) is 5.52. The maximum atomic E-state index is 12.8. The largest absolute Gasteiger partial charge is 0.466 e. The molecule has 0 aliphatic carbocycles. The van der Waals surface area contributed by atoms with Crippen molar-refractivity contribution in [2.45, 2.75) is 59.4 Å². The molecule has 0 bridgehead atoms. The van der Waals surface area contributed by atoms with E-state index in [-0.39, 0.29) is 29.6 Å². The summed E-state index contributed by atoms with van der Waals surface area (Å²) < 4.78 is 5.07. The van der Waals surface area contributed by atoms with E-state index in [1.807, 2.05) is 13.8 Å². The van der Waals surface area contributed by atoms with E-state index >= 15 is 0 Å². The first-order chi connectivity index (χ1) is 10.9. The van der Waals surface area contributed by atoms with Crippen molar-refractivity contribution in [1.29, 1.82) is 0 Å². The van der Waals surface area contributed by atoms with Crippen LogP contribution in [0.15, 0.2) is 0 Å². The maximum absolute atomic E-state index is 12.8. The summed E-state index contributed by atoms with van der Waals surface area (Å²) in [5, 5.41) is 2.84. The number of carbonyl (C=O) groups is 3. The molecule has 3 atom stereocenters. The molecular weight excluding hydrogens is 296 g/mol. The van der Waals surface area contributed by atoms with Gasteiger partial charge in [-0.1, -0.05) is 27.2 Å².